The van der Waals surface area contributed by atoms with Gasteiger partial charge in [0, 0.05) is 13.5 Å². The first-order valence-corrected chi connectivity index (χ1v) is 5.48. The average molecular weight is 213 g/mol. The number of rotatable bonds is 3. The first-order valence-electron chi connectivity index (χ1n) is 5.48. The molecule has 0 saturated carbocycles. The third kappa shape index (κ3) is 2.40. The maximum atomic E-state index is 11.1. The summed E-state index contributed by atoms with van der Waals surface area (Å²) >= 11 is 0. The number of fused-ring (bicyclic) bond motifs is 1. The summed E-state index contributed by atoms with van der Waals surface area (Å²) in [6.07, 6.45) is 1.35. The number of carbonyl (C=O) groups is 1. The number of amides is 1. The average Bonchev–Trinajstić information content (AvgIpc) is 2.35. The van der Waals surface area contributed by atoms with Crippen LogP contribution in [-0.2, 0) is 11.2 Å². The molecule has 2 aromatic rings. The van der Waals surface area contributed by atoms with Gasteiger partial charge in [-0.05, 0) is 22.8 Å². The van der Waals surface area contributed by atoms with E-state index in [2.05, 4.69) is 35.6 Å². The van der Waals surface area contributed by atoms with Gasteiger partial charge in [0.25, 0.3) is 0 Å². The van der Waals surface area contributed by atoms with E-state index in [1.54, 1.807) is 7.05 Å². The summed E-state index contributed by atoms with van der Waals surface area (Å²) in [7, 11) is 1.67. The SMILES string of the molecule is CNC(=O)CCc1ccc2ccccc2c1. The van der Waals surface area contributed by atoms with Gasteiger partial charge in [0.2, 0.25) is 5.91 Å². The highest BCUT2D eigenvalue weighted by Gasteiger charge is 2.00. The van der Waals surface area contributed by atoms with Crippen molar-refractivity contribution in [2.24, 2.45) is 0 Å². The molecule has 2 aromatic carbocycles. The number of hydrogen-bond donors (Lipinski definition) is 1. The molecule has 2 heteroatoms. The van der Waals surface area contributed by atoms with Crippen molar-refractivity contribution >= 4 is 16.7 Å². The Morgan fingerprint density at radius 3 is 2.62 bits per heavy atom. The Morgan fingerprint density at radius 2 is 1.88 bits per heavy atom. The van der Waals surface area contributed by atoms with Gasteiger partial charge in [-0.3, -0.25) is 4.79 Å². The van der Waals surface area contributed by atoms with Gasteiger partial charge >= 0.3 is 0 Å². The van der Waals surface area contributed by atoms with Crippen LogP contribution in [0.4, 0.5) is 0 Å². The topological polar surface area (TPSA) is 29.1 Å². The largest absolute Gasteiger partial charge is 0.359 e. The molecule has 0 saturated heterocycles. The monoisotopic (exact) mass is 213 g/mol. The summed E-state index contributed by atoms with van der Waals surface area (Å²) in [5.41, 5.74) is 1.21. The predicted octanol–water partition coefficient (Wildman–Crippen LogP) is 2.52. The fourth-order valence-corrected chi connectivity index (χ4v) is 1.78. The number of hydrogen-bond acceptors (Lipinski definition) is 1. The zero-order chi connectivity index (χ0) is 11.4. The van der Waals surface area contributed by atoms with E-state index in [-0.39, 0.29) is 5.91 Å². The van der Waals surface area contributed by atoms with E-state index in [1.807, 2.05) is 12.1 Å². The van der Waals surface area contributed by atoms with Crippen molar-refractivity contribution in [1.82, 2.24) is 5.32 Å². The highest BCUT2D eigenvalue weighted by Crippen LogP contribution is 2.16. The van der Waals surface area contributed by atoms with Crippen LogP contribution in [0, 0.1) is 0 Å². The van der Waals surface area contributed by atoms with E-state index in [4.69, 9.17) is 0 Å². The molecule has 0 atom stereocenters. The van der Waals surface area contributed by atoms with Crippen LogP contribution in [0.25, 0.3) is 10.8 Å². The fraction of sp³-hybridized carbons (Fsp3) is 0.214. The molecule has 0 heterocycles. The Balaban J connectivity index is 2.16. The van der Waals surface area contributed by atoms with E-state index < -0.39 is 0 Å². The van der Waals surface area contributed by atoms with Crippen LogP contribution >= 0.6 is 0 Å². The number of carbonyl (C=O) groups excluding carboxylic acids is 1. The Hall–Kier alpha value is -1.83. The van der Waals surface area contributed by atoms with Gasteiger partial charge in [0.15, 0.2) is 0 Å². The van der Waals surface area contributed by atoms with Crippen molar-refractivity contribution in [3.05, 3.63) is 48.0 Å². The number of aryl methyl sites for hydroxylation is 1. The van der Waals surface area contributed by atoms with Gasteiger partial charge < -0.3 is 5.32 Å². The van der Waals surface area contributed by atoms with Gasteiger partial charge in [-0.2, -0.15) is 0 Å². The lowest BCUT2D eigenvalue weighted by atomic mass is 10.0. The smallest absolute Gasteiger partial charge is 0.220 e. The molecular weight excluding hydrogens is 198 g/mol. The summed E-state index contributed by atoms with van der Waals surface area (Å²) in [5.74, 6) is 0.0909. The molecule has 16 heavy (non-hydrogen) atoms. The molecule has 0 bridgehead atoms. The van der Waals surface area contributed by atoms with Crippen LogP contribution in [-0.4, -0.2) is 13.0 Å². The summed E-state index contributed by atoms with van der Waals surface area (Å²) in [5, 5.41) is 5.11. The quantitative estimate of drug-likeness (QED) is 0.834. The third-order valence-electron chi connectivity index (χ3n) is 2.73. The highest BCUT2D eigenvalue weighted by atomic mass is 16.1. The zero-order valence-corrected chi connectivity index (χ0v) is 9.36. The number of benzene rings is 2. The van der Waals surface area contributed by atoms with Gasteiger partial charge in [-0.25, -0.2) is 0 Å². The van der Waals surface area contributed by atoms with Crippen LogP contribution in [0.5, 0.6) is 0 Å². The molecule has 0 unspecified atom stereocenters. The van der Waals surface area contributed by atoms with Crippen molar-refractivity contribution in [2.45, 2.75) is 12.8 Å². The second kappa shape index (κ2) is 4.79. The van der Waals surface area contributed by atoms with Crippen molar-refractivity contribution < 1.29 is 4.79 Å². The maximum absolute atomic E-state index is 11.1. The second-order valence-corrected chi connectivity index (χ2v) is 3.85. The Morgan fingerprint density at radius 1 is 1.12 bits per heavy atom. The minimum Gasteiger partial charge on any atom is -0.359 e. The predicted molar refractivity (Wildman–Crippen MR) is 66.3 cm³/mol. The van der Waals surface area contributed by atoms with E-state index in [1.165, 1.54) is 16.3 Å². The Kier molecular flexibility index (Phi) is 3.20. The summed E-state index contributed by atoms with van der Waals surface area (Å²) < 4.78 is 0. The van der Waals surface area contributed by atoms with Crippen LogP contribution in [0.1, 0.15) is 12.0 Å². The molecule has 0 fully saturated rings. The van der Waals surface area contributed by atoms with Crippen LogP contribution < -0.4 is 5.32 Å². The first kappa shape index (κ1) is 10.7. The second-order valence-electron chi connectivity index (χ2n) is 3.85. The molecule has 0 aliphatic carbocycles. The van der Waals surface area contributed by atoms with Gasteiger partial charge in [-0.15, -0.1) is 0 Å². The van der Waals surface area contributed by atoms with Crippen LogP contribution in [0.3, 0.4) is 0 Å². The molecule has 1 amide bonds. The molecular formula is C14H15NO. The van der Waals surface area contributed by atoms with Crippen molar-refractivity contribution in [1.29, 1.82) is 0 Å². The van der Waals surface area contributed by atoms with Crippen molar-refractivity contribution in [2.75, 3.05) is 7.05 Å². The summed E-state index contributed by atoms with van der Waals surface area (Å²) in [6.45, 7) is 0. The normalized spacial score (nSPS) is 10.3. The molecule has 0 aliphatic rings. The zero-order valence-electron chi connectivity index (χ0n) is 9.36. The minimum absolute atomic E-state index is 0.0909. The van der Waals surface area contributed by atoms with E-state index in [0.717, 1.165) is 6.42 Å². The lowest BCUT2D eigenvalue weighted by molar-refractivity contribution is -0.120. The van der Waals surface area contributed by atoms with E-state index in [0.29, 0.717) is 6.42 Å². The van der Waals surface area contributed by atoms with Crippen molar-refractivity contribution in [3.63, 3.8) is 0 Å². The Bertz CT molecular complexity index is 505. The molecule has 0 aromatic heterocycles. The lowest BCUT2D eigenvalue weighted by Crippen LogP contribution is -2.17. The van der Waals surface area contributed by atoms with E-state index in [9.17, 15) is 4.79 Å². The first-order chi connectivity index (χ1) is 7.79. The molecule has 0 spiro atoms. The minimum atomic E-state index is 0.0909. The fourth-order valence-electron chi connectivity index (χ4n) is 1.78. The summed E-state index contributed by atoms with van der Waals surface area (Å²) in [6, 6.07) is 14.6. The maximum Gasteiger partial charge on any atom is 0.220 e. The van der Waals surface area contributed by atoms with Gasteiger partial charge in [0.05, 0.1) is 0 Å². The molecule has 2 rings (SSSR count). The third-order valence-corrected chi connectivity index (χ3v) is 2.73. The standard InChI is InChI=1S/C14H15NO/c1-15-14(16)9-7-11-6-8-12-4-2-3-5-13(12)10-11/h2-6,8,10H,7,9H2,1H3,(H,15,16). The van der Waals surface area contributed by atoms with Gasteiger partial charge in [0.1, 0.15) is 0 Å². The van der Waals surface area contributed by atoms with E-state index >= 15 is 0 Å². The molecule has 82 valence electrons. The summed E-state index contributed by atoms with van der Waals surface area (Å²) in [4.78, 5) is 11.1. The van der Waals surface area contributed by atoms with Crippen molar-refractivity contribution in [3.8, 4) is 0 Å². The van der Waals surface area contributed by atoms with Gasteiger partial charge in [-0.1, -0.05) is 42.5 Å². The lowest BCUT2D eigenvalue weighted by Gasteiger charge is -2.03. The Labute approximate surface area is 95.3 Å². The molecule has 1 N–H and O–H groups in total. The molecule has 0 radical (unpaired) electrons. The van der Waals surface area contributed by atoms with Crippen LogP contribution in [0.15, 0.2) is 42.5 Å². The molecule has 0 aliphatic heterocycles. The molecule has 2 nitrogen and oxygen atoms in total. The highest BCUT2D eigenvalue weighted by molar-refractivity contribution is 5.83. The number of nitrogens with one attached hydrogen (secondary N) is 1. The van der Waals surface area contributed by atoms with Crippen LogP contribution in [0.2, 0.25) is 0 Å².